The van der Waals surface area contributed by atoms with Gasteiger partial charge in [0.1, 0.15) is 11.6 Å². The molecule has 4 rings (SSSR count). The molecule has 0 aliphatic heterocycles. The summed E-state index contributed by atoms with van der Waals surface area (Å²) in [5.41, 5.74) is 14.4. The lowest BCUT2D eigenvalue weighted by Gasteiger charge is -2.12. The number of aryl methyl sites for hydroxylation is 1. The number of anilines is 1. The molecular weight excluding hydrogens is 359 g/mol. The summed E-state index contributed by atoms with van der Waals surface area (Å²) in [6.07, 6.45) is 4.78. The fourth-order valence-electron chi connectivity index (χ4n) is 3.19. The lowest BCUT2D eigenvalue weighted by atomic mass is 10.1. The van der Waals surface area contributed by atoms with Gasteiger partial charge in [0.15, 0.2) is 17.0 Å². The zero-order valence-corrected chi connectivity index (χ0v) is 15.5. The minimum atomic E-state index is -0.522. The Morgan fingerprint density at radius 2 is 2.04 bits per heavy atom. The first-order valence-electron chi connectivity index (χ1n) is 9.10. The van der Waals surface area contributed by atoms with Crippen LogP contribution in [0.2, 0.25) is 0 Å². The van der Waals surface area contributed by atoms with Crippen LogP contribution in [0.15, 0.2) is 42.7 Å². The molecule has 0 radical (unpaired) electrons. The maximum absolute atomic E-state index is 13.5. The van der Waals surface area contributed by atoms with E-state index in [-0.39, 0.29) is 11.6 Å². The van der Waals surface area contributed by atoms with Gasteiger partial charge in [0, 0.05) is 18.9 Å². The summed E-state index contributed by atoms with van der Waals surface area (Å²) in [5, 5.41) is 4.26. The Balaban J connectivity index is 1.77. The predicted molar refractivity (Wildman–Crippen MR) is 104 cm³/mol. The lowest BCUT2D eigenvalue weighted by Crippen LogP contribution is -2.18. The molecule has 3 heterocycles. The minimum absolute atomic E-state index is 0.262. The predicted octanol–water partition coefficient (Wildman–Crippen LogP) is 2.39. The molecule has 9 heteroatoms. The third-order valence-corrected chi connectivity index (χ3v) is 4.45. The van der Waals surface area contributed by atoms with E-state index >= 15 is 0 Å². The Bertz CT molecular complexity index is 1100. The van der Waals surface area contributed by atoms with E-state index in [0.29, 0.717) is 35.9 Å². The summed E-state index contributed by atoms with van der Waals surface area (Å²) in [6.45, 7) is 2.76. The molecule has 0 spiro atoms. The van der Waals surface area contributed by atoms with Crippen LogP contribution in [0, 0.1) is 5.82 Å². The highest BCUT2D eigenvalue weighted by atomic mass is 19.1. The van der Waals surface area contributed by atoms with E-state index in [0.717, 1.165) is 12.0 Å². The highest BCUT2D eigenvalue weighted by molar-refractivity contribution is 5.83. The van der Waals surface area contributed by atoms with Crippen molar-refractivity contribution in [2.45, 2.75) is 32.4 Å². The van der Waals surface area contributed by atoms with E-state index in [1.54, 1.807) is 16.9 Å². The molecule has 8 nitrogen and oxygen atoms in total. The molecule has 4 aromatic rings. The number of nitrogens with two attached hydrogens (primary N) is 2. The Kier molecular flexibility index (Phi) is 4.74. The fraction of sp³-hybridized carbons (Fsp3) is 0.263. The highest BCUT2D eigenvalue weighted by Crippen LogP contribution is 2.24. The van der Waals surface area contributed by atoms with E-state index in [2.05, 4.69) is 27.0 Å². The maximum Gasteiger partial charge on any atom is 0.233 e. The topological polar surface area (TPSA) is 113 Å². The average Bonchev–Trinajstić information content (AvgIpc) is 3.30. The van der Waals surface area contributed by atoms with E-state index < -0.39 is 6.04 Å². The summed E-state index contributed by atoms with van der Waals surface area (Å²) < 4.78 is 17.1. The van der Waals surface area contributed by atoms with Crippen molar-refractivity contribution in [3.63, 3.8) is 0 Å². The van der Waals surface area contributed by atoms with E-state index in [9.17, 15) is 4.39 Å². The number of imidazole rings is 1. The van der Waals surface area contributed by atoms with Gasteiger partial charge < -0.3 is 11.5 Å². The van der Waals surface area contributed by atoms with Crippen molar-refractivity contribution in [1.82, 2.24) is 29.3 Å². The van der Waals surface area contributed by atoms with Crippen LogP contribution >= 0.6 is 0 Å². The zero-order chi connectivity index (χ0) is 19.7. The van der Waals surface area contributed by atoms with Crippen LogP contribution < -0.4 is 11.5 Å². The number of halogens is 1. The van der Waals surface area contributed by atoms with E-state index in [1.807, 2.05) is 22.9 Å². The number of benzene rings is 1. The first-order chi connectivity index (χ1) is 13.6. The van der Waals surface area contributed by atoms with Gasteiger partial charge in [-0.1, -0.05) is 19.1 Å². The van der Waals surface area contributed by atoms with Crippen LogP contribution in [-0.4, -0.2) is 29.3 Å². The molecule has 0 aliphatic carbocycles. The van der Waals surface area contributed by atoms with Crippen LogP contribution in [-0.2, 0) is 13.0 Å². The number of aromatic nitrogens is 6. The summed E-state index contributed by atoms with van der Waals surface area (Å²) >= 11 is 0. The summed E-state index contributed by atoms with van der Waals surface area (Å²) in [5.74, 6) is 0.987. The van der Waals surface area contributed by atoms with Crippen molar-refractivity contribution in [2.75, 3.05) is 5.73 Å². The van der Waals surface area contributed by atoms with Gasteiger partial charge in [-0.05, 0) is 36.6 Å². The zero-order valence-electron chi connectivity index (χ0n) is 15.5. The van der Waals surface area contributed by atoms with Crippen LogP contribution in [0.5, 0.6) is 0 Å². The fourth-order valence-corrected chi connectivity index (χ4v) is 3.19. The number of hydrogen-bond donors (Lipinski definition) is 2. The lowest BCUT2D eigenvalue weighted by molar-refractivity contribution is 0.617. The molecule has 28 heavy (non-hydrogen) atoms. The molecule has 144 valence electrons. The standard InChI is InChI=1S/C19H21FN8/c1-2-8-27-18-15(24-19(27)28-9-4-7-23-28)16(22)25-17(26-18)14(21)11-12-5-3-6-13(20)10-12/h3-7,9-10,14H,2,8,11,21H2,1H3,(H2,22,25,26). The average molecular weight is 380 g/mol. The Morgan fingerprint density at radius 3 is 2.75 bits per heavy atom. The molecule has 1 aromatic carbocycles. The second kappa shape index (κ2) is 7.35. The second-order valence-electron chi connectivity index (χ2n) is 6.59. The first kappa shape index (κ1) is 18.1. The second-order valence-corrected chi connectivity index (χ2v) is 6.59. The molecule has 4 N–H and O–H groups in total. The number of rotatable bonds is 6. The monoisotopic (exact) mass is 380 g/mol. The van der Waals surface area contributed by atoms with Crippen molar-refractivity contribution in [1.29, 1.82) is 0 Å². The minimum Gasteiger partial charge on any atom is -0.382 e. The van der Waals surface area contributed by atoms with Gasteiger partial charge >= 0.3 is 0 Å². The van der Waals surface area contributed by atoms with Gasteiger partial charge in [0.25, 0.3) is 0 Å². The third-order valence-electron chi connectivity index (χ3n) is 4.45. The van der Waals surface area contributed by atoms with Gasteiger partial charge in [-0.15, -0.1) is 0 Å². The van der Waals surface area contributed by atoms with E-state index in [4.69, 9.17) is 11.5 Å². The van der Waals surface area contributed by atoms with Crippen LogP contribution in [0.25, 0.3) is 17.1 Å². The van der Waals surface area contributed by atoms with Crippen LogP contribution in [0.4, 0.5) is 10.2 Å². The van der Waals surface area contributed by atoms with Gasteiger partial charge in [-0.3, -0.25) is 4.57 Å². The maximum atomic E-state index is 13.5. The Morgan fingerprint density at radius 1 is 1.18 bits per heavy atom. The van der Waals surface area contributed by atoms with Crippen LogP contribution in [0.1, 0.15) is 30.8 Å². The molecule has 0 bridgehead atoms. The quantitative estimate of drug-likeness (QED) is 0.531. The van der Waals surface area contributed by atoms with Crippen molar-refractivity contribution in [3.05, 3.63) is 59.9 Å². The van der Waals surface area contributed by atoms with Crippen molar-refractivity contribution < 1.29 is 4.39 Å². The normalized spacial score (nSPS) is 12.5. The molecule has 1 atom stereocenters. The molecule has 0 saturated heterocycles. The number of hydrogen-bond acceptors (Lipinski definition) is 6. The van der Waals surface area contributed by atoms with Gasteiger partial charge in [0.2, 0.25) is 5.95 Å². The van der Waals surface area contributed by atoms with Gasteiger partial charge in [-0.25, -0.2) is 24.0 Å². The van der Waals surface area contributed by atoms with Crippen molar-refractivity contribution in [2.24, 2.45) is 5.73 Å². The third kappa shape index (κ3) is 3.31. The molecular formula is C19H21FN8. The summed E-state index contributed by atoms with van der Waals surface area (Å²) in [4.78, 5) is 13.6. The molecule has 0 aliphatic rings. The largest absolute Gasteiger partial charge is 0.382 e. The van der Waals surface area contributed by atoms with Crippen molar-refractivity contribution in [3.8, 4) is 5.95 Å². The van der Waals surface area contributed by atoms with Crippen LogP contribution in [0.3, 0.4) is 0 Å². The summed E-state index contributed by atoms with van der Waals surface area (Å²) in [6, 6.07) is 7.64. The van der Waals surface area contributed by atoms with Crippen molar-refractivity contribution >= 4 is 17.0 Å². The Labute approximate surface area is 161 Å². The van der Waals surface area contributed by atoms with Gasteiger partial charge in [-0.2, -0.15) is 5.10 Å². The Hall–Kier alpha value is -3.33. The molecule has 1 unspecified atom stereocenters. The highest BCUT2D eigenvalue weighted by Gasteiger charge is 2.20. The number of nitrogens with zero attached hydrogens (tertiary/aromatic N) is 6. The molecule has 3 aromatic heterocycles. The number of nitrogen functional groups attached to an aromatic ring is 1. The van der Waals surface area contributed by atoms with E-state index in [1.165, 1.54) is 12.1 Å². The molecule has 0 saturated carbocycles. The number of fused-ring (bicyclic) bond motifs is 1. The smallest absolute Gasteiger partial charge is 0.233 e. The SMILES string of the molecule is CCCn1c(-n2cccn2)nc2c(N)nc(C(N)Cc3cccc(F)c3)nc21. The molecule has 0 fully saturated rings. The van der Waals surface area contributed by atoms with Gasteiger partial charge in [0.05, 0.1) is 6.04 Å². The first-order valence-corrected chi connectivity index (χ1v) is 9.10. The summed E-state index contributed by atoms with van der Waals surface area (Å²) in [7, 11) is 0. The molecule has 0 amide bonds.